The molecule has 10 rings (SSSR count). The molecule has 0 spiro atoms. The van der Waals surface area contributed by atoms with Gasteiger partial charge in [-0.05, 0) is 24.3 Å². The van der Waals surface area contributed by atoms with Crippen molar-refractivity contribution in [3.05, 3.63) is 158 Å². The molecule has 0 amide bonds. The van der Waals surface area contributed by atoms with E-state index >= 15 is 0 Å². The quantitative estimate of drug-likeness (QED) is 0.198. The number of hydrogen-bond acceptors (Lipinski definition) is 4. The fourth-order valence-corrected chi connectivity index (χ4v) is 7.15. The molecule has 0 aliphatic heterocycles. The summed E-state index contributed by atoms with van der Waals surface area (Å²) in [6.07, 6.45) is 3.82. The second-order valence-corrected chi connectivity index (χ2v) is 12.0. The molecule has 6 aromatic carbocycles. The van der Waals surface area contributed by atoms with E-state index in [0.717, 1.165) is 65.8 Å². The number of pyridine rings is 1. The van der Waals surface area contributed by atoms with Gasteiger partial charge in [0.15, 0.2) is 11.6 Å². The third kappa shape index (κ3) is 3.93. The molecule has 0 fully saturated rings. The lowest BCUT2D eigenvalue weighted by Crippen LogP contribution is -2.07. The predicted octanol–water partition coefficient (Wildman–Crippen LogP) is 9.95. The molecule has 0 radical (unpaired) electrons. The zero-order valence-corrected chi connectivity index (χ0v) is 25.7. The van der Waals surface area contributed by atoms with Crippen molar-refractivity contribution in [1.29, 1.82) is 0 Å². The molecule has 4 heterocycles. The molecule has 0 saturated carbocycles. The first-order chi connectivity index (χ1) is 23.8. The highest BCUT2D eigenvalue weighted by atomic mass is 15.2. The Morgan fingerprint density at radius 3 is 1.67 bits per heavy atom. The Kier molecular flexibility index (Phi) is 5.77. The molecule has 0 bridgehead atoms. The van der Waals surface area contributed by atoms with Gasteiger partial charge in [0, 0.05) is 61.5 Å². The summed E-state index contributed by atoms with van der Waals surface area (Å²) in [4.78, 5) is 19.8. The van der Waals surface area contributed by atoms with E-state index in [1.54, 1.807) is 0 Å². The van der Waals surface area contributed by atoms with Crippen LogP contribution in [0.3, 0.4) is 0 Å². The first kappa shape index (κ1) is 26.5. The first-order valence-corrected chi connectivity index (χ1v) is 16.0. The van der Waals surface area contributed by atoms with Crippen LogP contribution in [0.4, 0.5) is 0 Å². The monoisotopic (exact) mass is 614 g/mol. The van der Waals surface area contributed by atoms with E-state index in [2.05, 4.69) is 99.0 Å². The third-order valence-corrected chi connectivity index (χ3v) is 9.24. The van der Waals surface area contributed by atoms with E-state index in [1.165, 1.54) is 5.39 Å². The van der Waals surface area contributed by atoms with E-state index in [9.17, 15) is 0 Å². The van der Waals surface area contributed by atoms with Crippen molar-refractivity contribution in [3.63, 3.8) is 0 Å². The summed E-state index contributed by atoms with van der Waals surface area (Å²) in [6, 6.07) is 50.4. The Hall–Kier alpha value is -6.66. The summed E-state index contributed by atoms with van der Waals surface area (Å²) in [7, 11) is 0. The fraction of sp³-hybridized carbons (Fsp3) is 0. The number of hydrogen-bond donors (Lipinski definition) is 0. The van der Waals surface area contributed by atoms with Gasteiger partial charge in [-0.1, -0.05) is 121 Å². The summed E-state index contributed by atoms with van der Waals surface area (Å²) >= 11 is 0. The number of rotatable bonds is 4. The van der Waals surface area contributed by atoms with Gasteiger partial charge in [0.1, 0.15) is 0 Å². The van der Waals surface area contributed by atoms with Gasteiger partial charge in [0.25, 0.3) is 0 Å². The minimum Gasteiger partial charge on any atom is -0.307 e. The smallest absolute Gasteiger partial charge is 0.238 e. The highest BCUT2D eigenvalue weighted by molar-refractivity contribution is 6.26. The number of aromatic nitrogens is 6. The van der Waals surface area contributed by atoms with E-state index in [4.69, 9.17) is 15.0 Å². The number of para-hydroxylation sites is 2. The van der Waals surface area contributed by atoms with E-state index in [1.807, 2.05) is 73.1 Å². The van der Waals surface area contributed by atoms with Crippen molar-refractivity contribution in [2.75, 3.05) is 0 Å². The zero-order valence-electron chi connectivity index (χ0n) is 25.7. The number of nitrogens with zero attached hydrogens (tertiary/aromatic N) is 6. The Morgan fingerprint density at radius 1 is 0.396 bits per heavy atom. The molecule has 48 heavy (non-hydrogen) atoms. The largest absolute Gasteiger partial charge is 0.307 e. The van der Waals surface area contributed by atoms with Crippen LogP contribution in [0.15, 0.2) is 158 Å². The lowest BCUT2D eigenvalue weighted by atomic mass is 10.1. The van der Waals surface area contributed by atoms with E-state index < -0.39 is 0 Å². The minimum atomic E-state index is 0.570. The second kappa shape index (κ2) is 10.4. The van der Waals surface area contributed by atoms with Crippen LogP contribution in [0, 0.1) is 0 Å². The molecule has 0 atom stereocenters. The maximum absolute atomic E-state index is 5.21. The van der Waals surface area contributed by atoms with Gasteiger partial charge in [-0.2, -0.15) is 9.97 Å². The number of fused-ring (bicyclic) bond motifs is 9. The minimum absolute atomic E-state index is 0.570. The molecular weight excluding hydrogens is 589 g/mol. The molecule has 224 valence electrons. The van der Waals surface area contributed by atoms with Crippen LogP contribution < -0.4 is 0 Å². The van der Waals surface area contributed by atoms with Crippen LogP contribution in [-0.2, 0) is 0 Å². The molecule has 0 saturated heterocycles. The molecule has 4 aromatic heterocycles. The van der Waals surface area contributed by atoms with Crippen LogP contribution in [0.2, 0.25) is 0 Å². The van der Waals surface area contributed by atoms with Gasteiger partial charge in [0.05, 0.1) is 22.1 Å². The van der Waals surface area contributed by atoms with Crippen molar-refractivity contribution in [2.24, 2.45) is 0 Å². The second-order valence-electron chi connectivity index (χ2n) is 12.0. The molecule has 0 aliphatic carbocycles. The average Bonchev–Trinajstić information content (AvgIpc) is 3.69. The molecule has 0 unspecified atom stereocenters. The Labute approximate surface area is 275 Å². The first-order valence-electron chi connectivity index (χ1n) is 16.0. The SMILES string of the molecule is c1ccc(-c2nc(-c3ccccc3)nc(-n3c4ccccc4c4ccc5c6ccc7cnccc7c6n(-c6ccccc6)c5c43)n2)cc1. The molecule has 0 aliphatic rings. The van der Waals surface area contributed by atoms with Gasteiger partial charge in [-0.25, -0.2) is 4.98 Å². The van der Waals surface area contributed by atoms with Crippen LogP contribution in [-0.4, -0.2) is 29.1 Å². The normalized spacial score (nSPS) is 11.8. The average molecular weight is 615 g/mol. The lowest BCUT2D eigenvalue weighted by molar-refractivity contribution is 0.953. The summed E-state index contributed by atoms with van der Waals surface area (Å²) < 4.78 is 4.64. The summed E-state index contributed by atoms with van der Waals surface area (Å²) in [6.45, 7) is 0. The molecule has 6 nitrogen and oxygen atoms in total. The fourth-order valence-electron chi connectivity index (χ4n) is 7.15. The highest BCUT2D eigenvalue weighted by Gasteiger charge is 2.24. The van der Waals surface area contributed by atoms with Crippen LogP contribution in [0.1, 0.15) is 0 Å². The van der Waals surface area contributed by atoms with Crippen LogP contribution in [0.5, 0.6) is 0 Å². The predicted molar refractivity (Wildman–Crippen MR) is 195 cm³/mol. The maximum atomic E-state index is 5.21. The molecular formula is C42H26N6. The lowest BCUT2D eigenvalue weighted by Gasteiger charge is -2.13. The summed E-state index contributed by atoms with van der Waals surface area (Å²) in [5, 5.41) is 6.85. The Balaban J connectivity index is 1.42. The summed E-state index contributed by atoms with van der Waals surface area (Å²) in [5.41, 5.74) is 7.26. The van der Waals surface area contributed by atoms with Crippen LogP contribution in [0.25, 0.3) is 88.8 Å². The van der Waals surface area contributed by atoms with Crippen LogP contribution >= 0.6 is 0 Å². The topological polar surface area (TPSA) is 61.4 Å². The standard InChI is InChI=1S/C42H26N6/c1-4-12-27(13-5-1)40-44-41(28-14-6-2-7-15-28)46-42(45-40)48-36-19-11-10-18-32(36)33-22-23-35-34-21-20-29-26-43-25-24-31(29)37(34)47(38(35)39(33)48)30-16-8-3-9-17-30/h1-26H. The Bertz CT molecular complexity index is 2760. The molecule has 0 N–H and O–H groups in total. The van der Waals surface area contributed by atoms with E-state index in [0.29, 0.717) is 17.6 Å². The number of benzene rings is 6. The van der Waals surface area contributed by atoms with E-state index in [-0.39, 0.29) is 0 Å². The zero-order chi connectivity index (χ0) is 31.6. The molecule has 6 heteroatoms. The van der Waals surface area contributed by atoms with Crippen molar-refractivity contribution < 1.29 is 0 Å². The van der Waals surface area contributed by atoms with Crippen molar-refractivity contribution >= 4 is 54.4 Å². The highest BCUT2D eigenvalue weighted by Crippen LogP contribution is 2.43. The van der Waals surface area contributed by atoms with Crippen molar-refractivity contribution in [2.45, 2.75) is 0 Å². The van der Waals surface area contributed by atoms with Gasteiger partial charge in [-0.15, -0.1) is 0 Å². The third-order valence-electron chi connectivity index (χ3n) is 9.24. The van der Waals surface area contributed by atoms with Gasteiger partial charge in [-0.3, -0.25) is 9.55 Å². The summed E-state index contributed by atoms with van der Waals surface area (Å²) in [5.74, 6) is 1.82. The van der Waals surface area contributed by atoms with Gasteiger partial charge < -0.3 is 4.57 Å². The van der Waals surface area contributed by atoms with Gasteiger partial charge >= 0.3 is 0 Å². The maximum Gasteiger partial charge on any atom is 0.238 e. The van der Waals surface area contributed by atoms with Crippen molar-refractivity contribution in [1.82, 2.24) is 29.1 Å². The van der Waals surface area contributed by atoms with Gasteiger partial charge in [0.2, 0.25) is 5.95 Å². The Morgan fingerprint density at radius 2 is 0.958 bits per heavy atom. The van der Waals surface area contributed by atoms with Crippen molar-refractivity contribution in [3.8, 4) is 34.4 Å². The molecule has 10 aromatic rings.